The highest BCUT2D eigenvalue weighted by Gasteiger charge is 2.10. The minimum atomic E-state index is -0.0183. The van der Waals surface area contributed by atoms with Crippen LogP contribution in [0.25, 0.3) is 0 Å². The summed E-state index contributed by atoms with van der Waals surface area (Å²) in [6.45, 7) is 5.91. The maximum absolute atomic E-state index is 12.0. The lowest BCUT2D eigenvalue weighted by Crippen LogP contribution is -2.15. The van der Waals surface area contributed by atoms with Gasteiger partial charge in [-0.2, -0.15) is 0 Å². The van der Waals surface area contributed by atoms with Crippen LogP contribution >= 0.6 is 45.7 Å². The number of hydrogen-bond donors (Lipinski definition) is 1. The number of aryl methyl sites for hydroxylation is 3. The second kappa shape index (κ2) is 6.86. The summed E-state index contributed by atoms with van der Waals surface area (Å²) in [5.41, 5.74) is 3.07. The van der Waals surface area contributed by atoms with E-state index in [1.807, 2.05) is 20.8 Å². The fraction of sp³-hybridized carbons (Fsp3) is 0.308. The van der Waals surface area contributed by atoms with E-state index in [2.05, 4.69) is 50.2 Å². The summed E-state index contributed by atoms with van der Waals surface area (Å²) in [6.07, 6.45) is 0. The number of nitrogens with zero attached hydrogens (tertiary/aromatic N) is 2. The van der Waals surface area contributed by atoms with Crippen LogP contribution in [0.4, 0.5) is 5.69 Å². The van der Waals surface area contributed by atoms with Gasteiger partial charge in [0.2, 0.25) is 5.91 Å². The molecule has 0 spiro atoms. The fourth-order valence-corrected chi connectivity index (χ4v) is 4.30. The number of nitrogens with one attached hydrogen (secondary N) is 1. The third kappa shape index (κ3) is 4.16. The SMILES string of the molecule is Cc1nnc(SCC(=O)Nc2c(C)cc(I)cc2C)s1. The summed E-state index contributed by atoms with van der Waals surface area (Å²) in [5, 5.41) is 11.8. The van der Waals surface area contributed by atoms with Crippen molar-refractivity contribution >= 4 is 57.3 Å². The zero-order valence-corrected chi connectivity index (χ0v) is 15.1. The van der Waals surface area contributed by atoms with Gasteiger partial charge in [0.25, 0.3) is 0 Å². The van der Waals surface area contributed by atoms with Crippen LogP contribution < -0.4 is 5.32 Å². The van der Waals surface area contributed by atoms with Crippen LogP contribution in [0.3, 0.4) is 0 Å². The summed E-state index contributed by atoms with van der Waals surface area (Å²) in [4.78, 5) is 12.0. The molecule has 20 heavy (non-hydrogen) atoms. The normalized spacial score (nSPS) is 10.6. The van der Waals surface area contributed by atoms with Gasteiger partial charge in [-0.15, -0.1) is 10.2 Å². The molecule has 0 saturated carbocycles. The van der Waals surface area contributed by atoms with E-state index < -0.39 is 0 Å². The standard InChI is InChI=1S/C13H14IN3OS2/c1-7-4-10(14)5-8(2)12(7)15-11(18)6-19-13-17-16-9(3)20-13/h4-5H,6H2,1-3H3,(H,15,18). The van der Waals surface area contributed by atoms with Crippen LogP contribution in [0.2, 0.25) is 0 Å². The molecular weight excluding hydrogens is 405 g/mol. The minimum Gasteiger partial charge on any atom is -0.325 e. The molecule has 0 fully saturated rings. The number of rotatable bonds is 4. The molecule has 0 radical (unpaired) electrons. The molecule has 0 aliphatic heterocycles. The van der Waals surface area contributed by atoms with Crippen molar-refractivity contribution < 1.29 is 4.79 Å². The number of anilines is 1. The maximum atomic E-state index is 12.0. The van der Waals surface area contributed by atoms with Gasteiger partial charge < -0.3 is 5.32 Å². The second-order valence-electron chi connectivity index (χ2n) is 4.34. The zero-order valence-electron chi connectivity index (χ0n) is 11.4. The van der Waals surface area contributed by atoms with Gasteiger partial charge in [-0.05, 0) is 66.6 Å². The lowest BCUT2D eigenvalue weighted by atomic mass is 10.1. The van der Waals surface area contributed by atoms with Gasteiger partial charge in [0.1, 0.15) is 5.01 Å². The lowest BCUT2D eigenvalue weighted by molar-refractivity contribution is -0.113. The summed E-state index contributed by atoms with van der Waals surface area (Å²) < 4.78 is 2.00. The van der Waals surface area contributed by atoms with Gasteiger partial charge in [-0.25, -0.2) is 0 Å². The van der Waals surface area contributed by atoms with Crippen molar-refractivity contribution in [3.8, 4) is 0 Å². The smallest absolute Gasteiger partial charge is 0.234 e. The number of amides is 1. The average Bonchev–Trinajstić information content (AvgIpc) is 2.77. The number of benzene rings is 1. The highest BCUT2D eigenvalue weighted by molar-refractivity contribution is 14.1. The third-order valence-corrected chi connectivity index (χ3v) is 5.19. The monoisotopic (exact) mass is 419 g/mol. The second-order valence-corrected chi connectivity index (χ2v) is 7.99. The predicted octanol–water partition coefficient (Wildman–Crippen LogP) is 3.80. The van der Waals surface area contributed by atoms with Crippen molar-refractivity contribution in [2.75, 3.05) is 11.1 Å². The Bertz CT molecular complexity index is 619. The number of hydrogen-bond acceptors (Lipinski definition) is 5. The van der Waals surface area contributed by atoms with Crippen molar-refractivity contribution in [1.82, 2.24) is 10.2 Å². The molecule has 7 heteroatoms. The molecular formula is C13H14IN3OS2. The number of carbonyl (C=O) groups excluding carboxylic acids is 1. The first-order valence-corrected chi connectivity index (χ1v) is 8.83. The summed E-state index contributed by atoms with van der Waals surface area (Å²) in [6, 6.07) is 4.12. The van der Waals surface area contributed by atoms with Crippen LogP contribution in [-0.2, 0) is 4.79 Å². The van der Waals surface area contributed by atoms with Crippen LogP contribution in [0.1, 0.15) is 16.1 Å². The number of thioether (sulfide) groups is 1. The molecule has 1 amide bonds. The first-order valence-electron chi connectivity index (χ1n) is 5.95. The lowest BCUT2D eigenvalue weighted by Gasteiger charge is -2.11. The Morgan fingerprint density at radius 1 is 1.30 bits per heavy atom. The number of aromatic nitrogens is 2. The topological polar surface area (TPSA) is 54.9 Å². The van der Waals surface area contributed by atoms with Crippen LogP contribution in [0, 0.1) is 24.3 Å². The number of halogens is 1. The molecule has 2 rings (SSSR count). The van der Waals surface area contributed by atoms with Gasteiger partial charge in [0.15, 0.2) is 4.34 Å². The molecule has 0 atom stereocenters. The zero-order chi connectivity index (χ0) is 14.7. The number of carbonyl (C=O) groups is 1. The Morgan fingerprint density at radius 3 is 2.50 bits per heavy atom. The summed E-state index contributed by atoms with van der Waals surface area (Å²) >= 11 is 5.20. The van der Waals surface area contributed by atoms with Crippen molar-refractivity contribution in [1.29, 1.82) is 0 Å². The van der Waals surface area contributed by atoms with Crippen molar-refractivity contribution in [2.24, 2.45) is 0 Å². The summed E-state index contributed by atoms with van der Waals surface area (Å²) in [5.74, 6) is 0.328. The highest BCUT2D eigenvalue weighted by Crippen LogP contribution is 2.25. The van der Waals surface area contributed by atoms with Gasteiger partial charge in [-0.3, -0.25) is 4.79 Å². The van der Waals surface area contributed by atoms with Crippen molar-refractivity contribution in [2.45, 2.75) is 25.1 Å². The van der Waals surface area contributed by atoms with Crippen LogP contribution in [0.15, 0.2) is 16.5 Å². The van der Waals surface area contributed by atoms with Gasteiger partial charge in [-0.1, -0.05) is 23.1 Å². The molecule has 1 N–H and O–H groups in total. The molecule has 0 aliphatic carbocycles. The average molecular weight is 419 g/mol. The minimum absolute atomic E-state index is 0.0183. The third-order valence-electron chi connectivity index (χ3n) is 2.60. The molecule has 2 aromatic rings. The van der Waals surface area contributed by atoms with E-state index in [1.54, 1.807) is 0 Å². The van der Waals surface area contributed by atoms with Crippen molar-refractivity contribution in [3.05, 3.63) is 31.8 Å². The Morgan fingerprint density at radius 2 is 1.95 bits per heavy atom. The van der Waals surface area contributed by atoms with Gasteiger partial charge >= 0.3 is 0 Å². The molecule has 0 unspecified atom stereocenters. The quantitative estimate of drug-likeness (QED) is 0.605. The van der Waals surface area contributed by atoms with E-state index in [0.29, 0.717) is 5.75 Å². The Hall–Kier alpha value is -0.670. The molecule has 4 nitrogen and oxygen atoms in total. The molecule has 1 heterocycles. The highest BCUT2D eigenvalue weighted by atomic mass is 127. The Kier molecular flexibility index (Phi) is 5.39. The molecule has 0 bridgehead atoms. The largest absolute Gasteiger partial charge is 0.325 e. The van der Waals surface area contributed by atoms with E-state index >= 15 is 0 Å². The molecule has 0 saturated heterocycles. The predicted molar refractivity (Wildman–Crippen MR) is 92.6 cm³/mol. The molecule has 0 aliphatic rings. The van der Waals surface area contributed by atoms with Crippen molar-refractivity contribution in [3.63, 3.8) is 0 Å². The van der Waals surface area contributed by atoms with E-state index in [4.69, 9.17) is 0 Å². The first-order chi connectivity index (χ1) is 9.45. The van der Waals surface area contributed by atoms with Gasteiger partial charge in [0, 0.05) is 9.26 Å². The van der Waals surface area contributed by atoms with E-state index in [-0.39, 0.29) is 5.91 Å². The first kappa shape index (κ1) is 15.7. The molecule has 1 aromatic carbocycles. The van der Waals surface area contributed by atoms with Gasteiger partial charge in [0.05, 0.1) is 5.75 Å². The Labute approximate surface area is 139 Å². The fourth-order valence-electron chi connectivity index (χ4n) is 1.75. The van der Waals surface area contributed by atoms with Crippen LogP contribution in [-0.4, -0.2) is 21.9 Å². The van der Waals surface area contributed by atoms with E-state index in [9.17, 15) is 4.79 Å². The maximum Gasteiger partial charge on any atom is 0.234 e. The van der Waals surface area contributed by atoms with Crippen LogP contribution in [0.5, 0.6) is 0 Å². The molecule has 106 valence electrons. The summed E-state index contributed by atoms with van der Waals surface area (Å²) in [7, 11) is 0. The van der Waals surface area contributed by atoms with E-state index in [1.165, 1.54) is 26.7 Å². The Balaban J connectivity index is 1.98. The molecule has 1 aromatic heterocycles. The van der Waals surface area contributed by atoms with E-state index in [0.717, 1.165) is 26.2 Å².